The summed E-state index contributed by atoms with van der Waals surface area (Å²) in [6, 6.07) is 10.2. The Morgan fingerprint density at radius 2 is 1.70 bits per heavy atom. The van der Waals surface area contributed by atoms with Gasteiger partial charge in [0.15, 0.2) is 0 Å². The molecular formula is C17H28O3. The number of methoxy groups -OCH3 is 1. The van der Waals surface area contributed by atoms with Gasteiger partial charge in [-0.15, -0.1) is 0 Å². The second-order valence-electron chi connectivity index (χ2n) is 6.22. The average Bonchev–Trinajstić information content (AvgIpc) is 2.39. The van der Waals surface area contributed by atoms with Gasteiger partial charge in [0.05, 0.1) is 25.9 Å². The van der Waals surface area contributed by atoms with Crippen molar-refractivity contribution in [1.29, 1.82) is 0 Å². The summed E-state index contributed by atoms with van der Waals surface area (Å²) in [4.78, 5) is 0. The van der Waals surface area contributed by atoms with Crippen molar-refractivity contribution in [2.45, 2.75) is 46.5 Å². The van der Waals surface area contributed by atoms with Crippen LogP contribution in [0.2, 0.25) is 0 Å². The Morgan fingerprint density at radius 1 is 1.05 bits per heavy atom. The van der Waals surface area contributed by atoms with Crippen molar-refractivity contribution in [3.05, 3.63) is 35.9 Å². The van der Waals surface area contributed by atoms with Crippen LogP contribution in [0.3, 0.4) is 0 Å². The average molecular weight is 280 g/mol. The molecule has 2 atom stereocenters. The third kappa shape index (κ3) is 6.51. The molecule has 1 rings (SSSR count). The zero-order valence-electron chi connectivity index (χ0n) is 13.4. The van der Waals surface area contributed by atoms with Crippen LogP contribution in [0.15, 0.2) is 30.3 Å². The predicted molar refractivity (Wildman–Crippen MR) is 81.8 cm³/mol. The van der Waals surface area contributed by atoms with Gasteiger partial charge >= 0.3 is 0 Å². The van der Waals surface area contributed by atoms with E-state index < -0.39 is 0 Å². The normalized spacial score (nSPS) is 15.1. The number of ether oxygens (including phenoxy) is 3. The van der Waals surface area contributed by atoms with Crippen molar-refractivity contribution in [1.82, 2.24) is 0 Å². The topological polar surface area (TPSA) is 27.7 Å². The van der Waals surface area contributed by atoms with Crippen LogP contribution >= 0.6 is 0 Å². The first-order valence-electron chi connectivity index (χ1n) is 7.19. The van der Waals surface area contributed by atoms with Gasteiger partial charge in [-0.3, -0.25) is 0 Å². The molecular weight excluding hydrogens is 252 g/mol. The fraction of sp³-hybridized carbons (Fsp3) is 0.647. The van der Waals surface area contributed by atoms with E-state index in [2.05, 4.69) is 39.8 Å². The molecule has 0 aliphatic heterocycles. The molecule has 0 N–H and O–H groups in total. The molecule has 0 aliphatic carbocycles. The monoisotopic (exact) mass is 280 g/mol. The Balaban J connectivity index is 2.39. The van der Waals surface area contributed by atoms with E-state index in [1.165, 1.54) is 5.56 Å². The SMILES string of the molecule is COCC(COCc1ccccc1)OC(C)C(C)(C)C. The number of benzene rings is 1. The van der Waals surface area contributed by atoms with Crippen molar-refractivity contribution < 1.29 is 14.2 Å². The molecule has 1 aromatic carbocycles. The lowest BCUT2D eigenvalue weighted by molar-refractivity contribution is -0.111. The lowest BCUT2D eigenvalue weighted by atomic mass is 9.90. The highest BCUT2D eigenvalue weighted by Gasteiger charge is 2.24. The van der Waals surface area contributed by atoms with Gasteiger partial charge in [-0.25, -0.2) is 0 Å². The first kappa shape index (κ1) is 17.2. The molecule has 114 valence electrons. The molecule has 2 unspecified atom stereocenters. The molecule has 0 radical (unpaired) electrons. The molecule has 0 aliphatic rings. The minimum atomic E-state index is -0.0297. The van der Waals surface area contributed by atoms with Crippen LogP contribution in [0.25, 0.3) is 0 Å². The second-order valence-corrected chi connectivity index (χ2v) is 6.22. The summed E-state index contributed by atoms with van der Waals surface area (Å²) in [6.07, 6.45) is 0.126. The van der Waals surface area contributed by atoms with E-state index in [0.29, 0.717) is 19.8 Å². The summed E-state index contributed by atoms with van der Waals surface area (Å²) in [5.74, 6) is 0. The quantitative estimate of drug-likeness (QED) is 0.727. The molecule has 20 heavy (non-hydrogen) atoms. The van der Waals surface area contributed by atoms with Crippen LogP contribution in [-0.4, -0.2) is 32.5 Å². The molecule has 0 saturated heterocycles. The van der Waals surface area contributed by atoms with Crippen LogP contribution in [0.4, 0.5) is 0 Å². The summed E-state index contributed by atoms with van der Waals surface area (Å²) < 4.78 is 17.0. The van der Waals surface area contributed by atoms with E-state index >= 15 is 0 Å². The molecule has 3 heteroatoms. The van der Waals surface area contributed by atoms with Crippen LogP contribution < -0.4 is 0 Å². The Kier molecular flexibility index (Phi) is 7.20. The number of hydrogen-bond acceptors (Lipinski definition) is 3. The van der Waals surface area contributed by atoms with Crippen molar-refractivity contribution in [3.8, 4) is 0 Å². The summed E-state index contributed by atoms with van der Waals surface area (Å²) in [5.41, 5.74) is 1.29. The number of hydrogen-bond donors (Lipinski definition) is 0. The maximum Gasteiger partial charge on any atom is 0.104 e. The fourth-order valence-electron chi connectivity index (χ4n) is 1.69. The van der Waals surface area contributed by atoms with Crippen molar-refractivity contribution >= 4 is 0 Å². The van der Waals surface area contributed by atoms with Gasteiger partial charge in [0, 0.05) is 7.11 Å². The fourth-order valence-corrected chi connectivity index (χ4v) is 1.69. The summed E-state index contributed by atoms with van der Waals surface area (Å²) in [5, 5.41) is 0. The lowest BCUT2D eigenvalue weighted by Crippen LogP contribution is -2.35. The molecule has 0 spiro atoms. The van der Waals surface area contributed by atoms with Crippen molar-refractivity contribution in [2.24, 2.45) is 5.41 Å². The predicted octanol–water partition coefficient (Wildman–Crippen LogP) is 3.67. The summed E-state index contributed by atoms with van der Waals surface area (Å²) in [6.45, 7) is 10.3. The largest absolute Gasteiger partial charge is 0.382 e. The number of rotatable bonds is 8. The van der Waals surface area contributed by atoms with E-state index in [1.807, 2.05) is 18.2 Å². The van der Waals surface area contributed by atoms with Crippen molar-refractivity contribution in [3.63, 3.8) is 0 Å². The van der Waals surface area contributed by atoms with Gasteiger partial charge < -0.3 is 14.2 Å². The molecule has 1 aromatic rings. The molecule has 0 aromatic heterocycles. The molecule has 0 saturated carbocycles. The van der Waals surface area contributed by atoms with Crippen LogP contribution in [-0.2, 0) is 20.8 Å². The highest BCUT2D eigenvalue weighted by atomic mass is 16.6. The Bertz CT molecular complexity index is 356. The van der Waals surface area contributed by atoms with Gasteiger partial charge in [0.25, 0.3) is 0 Å². The van der Waals surface area contributed by atoms with Crippen molar-refractivity contribution in [2.75, 3.05) is 20.3 Å². The van der Waals surface area contributed by atoms with E-state index in [-0.39, 0.29) is 17.6 Å². The smallest absolute Gasteiger partial charge is 0.104 e. The van der Waals surface area contributed by atoms with Gasteiger partial charge in [-0.05, 0) is 17.9 Å². The highest BCUT2D eigenvalue weighted by molar-refractivity contribution is 5.13. The molecule has 0 heterocycles. The summed E-state index contributed by atoms with van der Waals surface area (Å²) in [7, 11) is 1.69. The van der Waals surface area contributed by atoms with E-state index in [9.17, 15) is 0 Å². The standard InChI is InChI=1S/C17H28O3/c1-14(17(2,3)4)20-16(12-18-5)13-19-11-15-9-7-6-8-10-15/h6-10,14,16H,11-13H2,1-5H3. The highest BCUT2D eigenvalue weighted by Crippen LogP contribution is 2.23. The maximum absolute atomic E-state index is 6.04. The maximum atomic E-state index is 6.04. The zero-order chi connectivity index (χ0) is 15.0. The van der Waals surface area contributed by atoms with E-state index in [0.717, 1.165) is 0 Å². The molecule has 0 bridgehead atoms. The minimum Gasteiger partial charge on any atom is -0.382 e. The van der Waals surface area contributed by atoms with Gasteiger partial charge in [-0.1, -0.05) is 51.1 Å². The Hall–Kier alpha value is -0.900. The van der Waals surface area contributed by atoms with Gasteiger partial charge in [0.1, 0.15) is 6.10 Å². The molecule has 0 amide bonds. The van der Waals surface area contributed by atoms with Gasteiger partial charge in [-0.2, -0.15) is 0 Å². The van der Waals surface area contributed by atoms with Crippen LogP contribution in [0.5, 0.6) is 0 Å². The van der Waals surface area contributed by atoms with Crippen LogP contribution in [0, 0.1) is 5.41 Å². The van der Waals surface area contributed by atoms with E-state index in [4.69, 9.17) is 14.2 Å². The summed E-state index contributed by atoms with van der Waals surface area (Å²) >= 11 is 0. The first-order chi connectivity index (χ1) is 9.43. The minimum absolute atomic E-state index is 0.0297. The first-order valence-corrected chi connectivity index (χ1v) is 7.19. The van der Waals surface area contributed by atoms with Crippen LogP contribution in [0.1, 0.15) is 33.3 Å². The second kappa shape index (κ2) is 8.40. The zero-order valence-corrected chi connectivity index (χ0v) is 13.4. The third-order valence-corrected chi connectivity index (χ3v) is 3.38. The molecule has 3 nitrogen and oxygen atoms in total. The van der Waals surface area contributed by atoms with Gasteiger partial charge in [0.2, 0.25) is 0 Å². The Morgan fingerprint density at radius 3 is 2.25 bits per heavy atom. The lowest BCUT2D eigenvalue weighted by Gasteiger charge is -2.31. The third-order valence-electron chi connectivity index (χ3n) is 3.38. The molecule has 0 fully saturated rings. The Labute approximate surface area is 123 Å². The van der Waals surface area contributed by atoms with E-state index in [1.54, 1.807) is 7.11 Å².